The summed E-state index contributed by atoms with van der Waals surface area (Å²) in [5.74, 6) is -2.06. The van der Waals surface area contributed by atoms with Gasteiger partial charge in [0, 0.05) is 11.1 Å². The standard InChI is InChI=1S/C18H17F4N5O4S/c1-17(28,10-32(23,29)30)13-4-2-3-11(7-13)16-24-26-27(25-16)9-12-8-14(5-6-15(12)19)31-18(20,21)22/h2-8,28H,9-10H2,1H3,(H2,23,29,30)/t17-/m0/s1. The predicted molar refractivity (Wildman–Crippen MR) is 103 cm³/mol. The van der Waals surface area contributed by atoms with E-state index in [0.29, 0.717) is 5.56 Å². The lowest BCUT2D eigenvalue weighted by atomic mass is 9.96. The van der Waals surface area contributed by atoms with Crippen LogP contribution in [0.2, 0.25) is 0 Å². The Morgan fingerprint density at radius 2 is 1.91 bits per heavy atom. The second kappa shape index (κ2) is 8.44. The van der Waals surface area contributed by atoms with Crippen molar-refractivity contribution in [3.8, 4) is 17.1 Å². The van der Waals surface area contributed by atoms with Crippen LogP contribution >= 0.6 is 0 Å². The molecule has 0 amide bonds. The molecule has 0 unspecified atom stereocenters. The van der Waals surface area contributed by atoms with Crippen molar-refractivity contribution in [2.24, 2.45) is 5.14 Å². The third-order valence-electron chi connectivity index (χ3n) is 4.24. The highest BCUT2D eigenvalue weighted by molar-refractivity contribution is 7.89. The molecule has 0 aliphatic heterocycles. The Morgan fingerprint density at radius 3 is 2.56 bits per heavy atom. The predicted octanol–water partition coefficient (Wildman–Crippen LogP) is 1.92. The molecule has 3 N–H and O–H groups in total. The van der Waals surface area contributed by atoms with E-state index in [2.05, 4.69) is 20.1 Å². The Kier molecular flexibility index (Phi) is 6.22. The summed E-state index contributed by atoms with van der Waals surface area (Å²) < 4.78 is 77.7. The topological polar surface area (TPSA) is 133 Å². The van der Waals surface area contributed by atoms with Crippen LogP contribution in [0.25, 0.3) is 11.4 Å². The molecule has 0 saturated carbocycles. The van der Waals surface area contributed by atoms with Crippen LogP contribution in [0.4, 0.5) is 17.6 Å². The fourth-order valence-corrected chi connectivity index (χ4v) is 3.87. The summed E-state index contributed by atoms with van der Waals surface area (Å²) in [5, 5.41) is 27.1. The Morgan fingerprint density at radius 1 is 1.19 bits per heavy atom. The highest BCUT2D eigenvalue weighted by Gasteiger charge is 2.31. The number of nitrogens with two attached hydrogens (primary N) is 1. The van der Waals surface area contributed by atoms with Gasteiger partial charge >= 0.3 is 6.36 Å². The maximum Gasteiger partial charge on any atom is 0.573 e. The van der Waals surface area contributed by atoms with Gasteiger partial charge in [0.2, 0.25) is 15.8 Å². The molecule has 0 aliphatic carbocycles. The van der Waals surface area contributed by atoms with E-state index in [1.807, 2.05) is 0 Å². The summed E-state index contributed by atoms with van der Waals surface area (Å²) >= 11 is 0. The van der Waals surface area contributed by atoms with Crippen molar-refractivity contribution in [2.75, 3.05) is 5.75 Å². The second-order valence-corrected chi connectivity index (χ2v) is 8.72. The third kappa shape index (κ3) is 6.21. The van der Waals surface area contributed by atoms with Crippen LogP contribution in [0.1, 0.15) is 18.1 Å². The first kappa shape index (κ1) is 23.6. The Balaban J connectivity index is 1.84. The van der Waals surface area contributed by atoms with Gasteiger partial charge in [0.05, 0.1) is 12.3 Å². The number of tetrazole rings is 1. The minimum absolute atomic E-state index is 0.0568. The van der Waals surface area contributed by atoms with Crippen molar-refractivity contribution in [1.82, 2.24) is 20.2 Å². The van der Waals surface area contributed by atoms with Gasteiger partial charge < -0.3 is 9.84 Å². The summed E-state index contributed by atoms with van der Waals surface area (Å²) in [6.45, 7) is 0.941. The fourth-order valence-electron chi connectivity index (χ4n) is 2.92. The number of alkyl halides is 3. The molecule has 3 rings (SSSR count). The number of sulfonamides is 1. The molecular formula is C18H17F4N5O4S. The largest absolute Gasteiger partial charge is 0.573 e. The molecule has 1 aromatic heterocycles. The smallest absolute Gasteiger partial charge is 0.406 e. The van der Waals surface area contributed by atoms with Crippen LogP contribution in [-0.2, 0) is 22.2 Å². The third-order valence-corrected chi connectivity index (χ3v) is 5.20. The molecule has 1 heterocycles. The lowest BCUT2D eigenvalue weighted by Gasteiger charge is -2.22. The van der Waals surface area contributed by atoms with Gasteiger partial charge in [0.25, 0.3) is 0 Å². The van der Waals surface area contributed by atoms with Crippen molar-refractivity contribution in [1.29, 1.82) is 0 Å². The van der Waals surface area contributed by atoms with Crippen LogP contribution in [0.3, 0.4) is 0 Å². The Bertz CT molecular complexity index is 1230. The van der Waals surface area contributed by atoms with Gasteiger partial charge in [-0.15, -0.1) is 23.4 Å². The maximum atomic E-state index is 14.0. The van der Waals surface area contributed by atoms with E-state index in [4.69, 9.17) is 5.14 Å². The van der Waals surface area contributed by atoms with Crippen LogP contribution in [-0.4, -0.2) is 45.8 Å². The fraction of sp³-hybridized carbons (Fsp3) is 0.278. The maximum absolute atomic E-state index is 14.0. The van der Waals surface area contributed by atoms with Crippen molar-refractivity contribution in [2.45, 2.75) is 25.4 Å². The molecule has 0 aliphatic rings. The lowest BCUT2D eigenvalue weighted by Crippen LogP contribution is -2.34. The van der Waals surface area contributed by atoms with E-state index in [0.717, 1.165) is 23.0 Å². The Hall–Kier alpha value is -3.10. The average Bonchev–Trinajstić information content (AvgIpc) is 3.10. The number of benzene rings is 2. The molecule has 0 radical (unpaired) electrons. The van der Waals surface area contributed by atoms with Crippen LogP contribution in [0, 0.1) is 5.82 Å². The molecule has 3 aromatic rings. The molecule has 32 heavy (non-hydrogen) atoms. The van der Waals surface area contributed by atoms with Crippen molar-refractivity contribution in [3.63, 3.8) is 0 Å². The number of rotatable bonds is 7. The van der Waals surface area contributed by atoms with Crippen molar-refractivity contribution >= 4 is 10.0 Å². The van der Waals surface area contributed by atoms with Gasteiger partial charge in [-0.25, -0.2) is 17.9 Å². The van der Waals surface area contributed by atoms with Crippen LogP contribution in [0.15, 0.2) is 42.5 Å². The molecule has 0 spiro atoms. The van der Waals surface area contributed by atoms with E-state index in [1.54, 1.807) is 6.07 Å². The summed E-state index contributed by atoms with van der Waals surface area (Å²) in [5.41, 5.74) is -1.37. The van der Waals surface area contributed by atoms with E-state index in [-0.39, 0.29) is 23.5 Å². The summed E-state index contributed by atoms with van der Waals surface area (Å²) in [7, 11) is -3.97. The number of ether oxygens (including phenoxy) is 1. The van der Waals surface area contributed by atoms with Gasteiger partial charge in [-0.1, -0.05) is 18.2 Å². The van der Waals surface area contributed by atoms with Gasteiger partial charge in [0.15, 0.2) is 0 Å². The molecule has 14 heteroatoms. The highest BCUT2D eigenvalue weighted by atomic mass is 32.2. The normalized spacial score (nSPS) is 14.2. The molecule has 9 nitrogen and oxygen atoms in total. The monoisotopic (exact) mass is 475 g/mol. The van der Waals surface area contributed by atoms with E-state index in [1.165, 1.54) is 25.1 Å². The van der Waals surface area contributed by atoms with Gasteiger partial charge in [0.1, 0.15) is 17.2 Å². The van der Waals surface area contributed by atoms with E-state index < -0.39 is 39.3 Å². The quantitative estimate of drug-likeness (QED) is 0.499. The number of primary sulfonamides is 1. The molecule has 172 valence electrons. The van der Waals surface area contributed by atoms with Gasteiger partial charge in [-0.05, 0) is 42.0 Å². The zero-order valence-electron chi connectivity index (χ0n) is 16.4. The first-order chi connectivity index (χ1) is 14.7. The van der Waals surface area contributed by atoms with Crippen molar-refractivity contribution < 1.29 is 35.8 Å². The molecule has 0 fully saturated rings. The number of hydrogen-bond acceptors (Lipinski definition) is 7. The number of aromatic nitrogens is 4. The average molecular weight is 475 g/mol. The Labute approximate surface area is 179 Å². The van der Waals surface area contributed by atoms with E-state index >= 15 is 0 Å². The van der Waals surface area contributed by atoms with Crippen molar-refractivity contribution in [3.05, 3.63) is 59.4 Å². The first-order valence-electron chi connectivity index (χ1n) is 8.88. The van der Waals surface area contributed by atoms with Crippen LogP contribution in [0.5, 0.6) is 5.75 Å². The minimum atomic E-state index is -4.93. The zero-order valence-corrected chi connectivity index (χ0v) is 17.2. The second-order valence-electron chi connectivity index (χ2n) is 7.11. The number of halogens is 4. The SMILES string of the molecule is C[C@](O)(CS(N)(=O)=O)c1cccc(-c2nnn(Cc3cc(OC(F)(F)F)ccc3F)n2)c1. The summed E-state index contributed by atoms with van der Waals surface area (Å²) in [6.07, 6.45) is -4.93. The molecule has 0 saturated heterocycles. The molecule has 0 bridgehead atoms. The minimum Gasteiger partial charge on any atom is -0.406 e. The van der Waals surface area contributed by atoms with E-state index in [9.17, 15) is 31.1 Å². The number of aliphatic hydroxyl groups is 1. The summed E-state index contributed by atoms with van der Waals surface area (Å²) in [6, 6.07) is 8.55. The first-order valence-corrected chi connectivity index (χ1v) is 10.6. The molecule has 1 atom stereocenters. The summed E-state index contributed by atoms with van der Waals surface area (Å²) in [4.78, 5) is 0.959. The van der Waals surface area contributed by atoms with Gasteiger partial charge in [-0.3, -0.25) is 0 Å². The highest BCUT2D eigenvalue weighted by Crippen LogP contribution is 2.27. The lowest BCUT2D eigenvalue weighted by molar-refractivity contribution is -0.274. The number of nitrogens with zero attached hydrogens (tertiary/aromatic N) is 4. The van der Waals surface area contributed by atoms with Gasteiger partial charge in [-0.2, -0.15) is 4.80 Å². The molecule has 2 aromatic carbocycles. The zero-order chi connectivity index (χ0) is 23.7. The number of hydrogen-bond donors (Lipinski definition) is 2. The van der Waals surface area contributed by atoms with Crippen LogP contribution < -0.4 is 9.88 Å². The molecular weight excluding hydrogens is 458 g/mol.